The maximum atomic E-state index is 13.4. The lowest BCUT2D eigenvalue weighted by atomic mass is 10.1. The number of carbonyl (C=O) groups is 2. The number of nitrogens with one attached hydrogen (secondary N) is 1. The summed E-state index contributed by atoms with van der Waals surface area (Å²) in [5, 5.41) is 3.18. The summed E-state index contributed by atoms with van der Waals surface area (Å²) in [4.78, 5) is 27.8. The first kappa shape index (κ1) is 23.8. The number of hydrogen-bond acceptors (Lipinski definition) is 4. The number of sulfonamides is 1. The minimum Gasteiger partial charge on any atom is -0.339 e. The Bertz CT molecular complexity index is 1280. The number of para-hydroxylation sites is 1. The van der Waals surface area contributed by atoms with Crippen molar-refractivity contribution in [3.05, 3.63) is 89.4 Å². The van der Waals surface area contributed by atoms with Crippen LogP contribution in [0.2, 0.25) is 5.02 Å². The van der Waals surface area contributed by atoms with Crippen molar-refractivity contribution >= 4 is 44.8 Å². The first-order valence-electron chi connectivity index (χ1n) is 10.9. The summed E-state index contributed by atoms with van der Waals surface area (Å²) in [6.07, 6.45) is 1.90. The predicted molar refractivity (Wildman–Crippen MR) is 133 cm³/mol. The van der Waals surface area contributed by atoms with Gasteiger partial charge in [-0.05, 0) is 61.4 Å². The molecular weight excluding hydrogens is 474 g/mol. The summed E-state index contributed by atoms with van der Waals surface area (Å²) in [5.74, 6) is -0.726. The molecule has 7 nitrogen and oxygen atoms in total. The van der Waals surface area contributed by atoms with Gasteiger partial charge in [0.1, 0.15) is 6.54 Å². The summed E-state index contributed by atoms with van der Waals surface area (Å²) in [6, 6.07) is 20.9. The second-order valence-electron chi connectivity index (χ2n) is 7.89. The Morgan fingerprint density at radius 2 is 1.50 bits per heavy atom. The second-order valence-corrected chi connectivity index (χ2v) is 10.2. The fourth-order valence-corrected chi connectivity index (χ4v) is 5.40. The molecule has 0 bridgehead atoms. The predicted octanol–water partition coefficient (Wildman–Crippen LogP) is 4.41. The van der Waals surface area contributed by atoms with Crippen molar-refractivity contribution in [1.29, 1.82) is 0 Å². The highest BCUT2D eigenvalue weighted by molar-refractivity contribution is 7.92. The Hall–Kier alpha value is -3.36. The number of rotatable bonds is 7. The molecule has 3 aromatic rings. The summed E-state index contributed by atoms with van der Waals surface area (Å²) in [6.45, 7) is 0.882. The second kappa shape index (κ2) is 10.3. The van der Waals surface area contributed by atoms with Crippen molar-refractivity contribution in [3.8, 4) is 0 Å². The summed E-state index contributed by atoms with van der Waals surface area (Å²) < 4.78 is 27.8. The molecule has 0 radical (unpaired) electrons. The molecule has 1 fully saturated rings. The van der Waals surface area contributed by atoms with E-state index in [-0.39, 0.29) is 10.8 Å². The SMILES string of the molecule is O=C(CN(c1ccc(Cl)cc1)S(=O)(=O)c1ccccc1)Nc1ccccc1C(=O)N1CCCC1. The standard InChI is InChI=1S/C25H24ClN3O4S/c26-19-12-14-20(15-13-19)29(34(32,33)21-8-2-1-3-9-21)18-24(30)27-23-11-5-4-10-22(23)25(31)28-16-6-7-17-28/h1-5,8-15H,6-7,16-18H2,(H,27,30). The Morgan fingerprint density at radius 1 is 0.882 bits per heavy atom. The quantitative estimate of drug-likeness (QED) is 0.524. The van der Waals surface area contributed by atoms with E-state index in [1.807, 2.05) is 0 Å². The zero-order chi connectivity index (χ0) is 24.1. The number of nitrogens with zero attached hydrogens (tertiary/aromatic N) is 2. The van der Waals surface area contributed by atoms with Gasteiger partial charge in [0, 0.05) is 18.1 Å². The highest BCUT2D eigenvalue weighted by Gasteiger charge is 2.28. The lowest BCUT2D eigenvalue weighted by molar-refractivity contribution is -0.114. The van der Waals surface area contributed by atoms with Crippen LogP contribution in [0.3, 0.4) is 0 Å². The van der Waals surface area contributed by atoms with Crippen LogP contribution in [0.4, 0.5) is 11.4 Å². The Morgan fingerprint density at radius 3 is 2.18 bits per heavy atom. The number of anilines is 2. The molecule has 0 aromatic heterocycles. The van der Waals surface area contributed by atoms with E-state index in [2.05, 4.69) is 5.32 Å². The van der Waals surface area contributed by atoms with Gasteiger partial charge < -0.3 is 10.2 Å². The summed E-state index contributed by atoms with van der Waals surface area (Å²) >= 11 is 5.98. The fourth-order valence-electron chi connectivity index (χ4n) is 3.83. The van der Waals surface area contributed by atoms with E-state index in [4.69, 9.17) is 11.6 Å². The van der Waals surface area contributed by atoms with Crippen LogP contribution in [0.1, 0.15) is 23.2 Å². The van der Waals surface area contributed by atoms with Crippen molar-refractivity contribution < 1.29 is 18.0 Å². The van der Waals surface area contributed by atoms with Gasteiger partial charge in [-0.1, -0.05) is 41.9 Å². The molecule has 4 rings (SSSR count). The maximum absolute atomic E-state index is 13.4. The fraction of sp³-hybridized carbons (Fsp3) is 0.200. The van der Waals surface area contributed by atoms with E-state index in [9.17, 15) is 18.0 Å². The molecule has 0 aliphatic carbocycles. The van der Waals surface area contributed by atoms with Crippen LogP contribution in [-0.4, -0.2) is 44.8 Å². The summed E-state index contributed by atoms with van der Waals surface area (Å²) in [7, 11) is -4.04. The number of halogens is 1. The molecule has 1 aliphatic heterocycles. The van der Waals surface area contributed by atoms with Crippen LogP contribution in [0, 0.1) is 0 Å². The van der Waals surface area contributed by atoms with Crippen molar-refractivity contribution in [2.24, 2.45) is 0 Å². The van der Waals surface area contributed by atoms with E-state index in [1.165, 1.54) is 12.1 Å². The average molecular weight is 498 g/mol. The molecule has 3 aromatic carbocycles. The van der Waals surface area contributed by atoms with E-state index < -0.39 is 22.5 Å². The summed E-state index contributed by atoms with van der Waals surface area (Å²) in [5.41, 5.74) is 1.02. The topological polar surface area (TPSA) is 86.8 Å². The van der Waals surface area contributed by atoms with Gasteiger partial charge in [0.2, 0.25) is 5.91 Å². The van der Waals surface area contributed by atoms with Crippen LogP contribution < -0.4 is 9.62 Å². The molecule has 1 heterocycles. The van der Waals surface area contributed by atoms with Gasteiger partial charge in [-0.3, -0.25) is 13.9 Å². The molecule has 2 amide bonds. The van der Waals surface area contributed by atoms with Gasteiger partial charge in [-0.2, -0.15) is 0 Å². The molecule has 0 unspecified atom stereocenters. The zero-order valence-electron chi connectivity index (χ0n) is 18.4. The Kier molecular flexibility index (Phi) is 7.19. The molecule has 176 valence electrons. The largest absolute Gasteiger partial charge is 0.339 e. The first-order valence-corrected chi connectivity index (χ1v) is 12.7. The first-order chi connectivity index (χ1) is 16.4. The van der Waals surface area contributed by atoms with Crippen LogP contribution in [0.15, 0.2) is 83.8 Å². The highest BCUT2D eigenvalue weighted by atomic mass is 35.5. The van der Waals surface area contributed by atoms with E-state index in [0.29, 0.717) is 35.1 Å². The number of carbonyl (C=O) groups excluding carboxylic acids is 2. The van der Waals surface area contributed by atoms with Gasteiger partial charge in [0.05, 0.1) is 21.8 Å². The molecule has 1 saturated heterocycles. The highest BCUT2D eigenvalue weighted by Crippen LogP contribution is 2.26. The third-order valence-electron chi connectivity index (χ3n) is 5.56. The van der Waals surface area contributed by atoms with Gasteiger partial charge in [-0.25, -0.2) is 8.42 Å². The lowest BCUT2D eigenvalue weighted by Gasteiger charge is -2.24. The molecule has 0 spiro atoms. The van der Waals surface area contributed by atoms with Gasteiger partial charge in [-0.15, -0.1) is 0 Å². The van der Waals surface area contributed by atoms with Gasteiger partial charge in [0.25, 0.3) is 15.9 Å². The Balaban J connectivity index is 1.61. The monoisotopic (exact) mass is 497 g/mol. The molecule has 1 N–H and O–H groups in total. The van der Waals surface area contributed by atoms with Crippen LogP contribution in [-0.2, 0) is 14.8 Å². The average Bonchev–Trinajstić information content (AvgIpc) is 3.39. The third kappa shape index (κ3) is 5.24. The van der Waals surface area contributed by atoms with Crippen LogP contribution >= 0.6 is 11.6 Å². The van der Waals surface area contributed by atoms with Gasteiger partial charge in [0.15, 0.2) is 0 Å². The molecule has 34 heavy (non-hydrogen) atoms. The molecule has 0 atom stereocenters. The number of likely N-dealkylation sites (tertiary alicyclic amines) is 1. The van der Waals surface area contributed by atoms with Crippen molar-refractivity contribution in [2.45, 2.75) is 17.7 Å². The van der Waals surface area contributed by atoms with E-state index in [1.54, 1.807) is 71.6 Å². The van der Waals surface area contributed by atoms with Crippen molar-refractivity contribution in [1.82, 2.24) is 4.90 Å². The molecule has 0 saturated carbocycles. The lowest BCUT2D eigenvalue weighted by Crippen LogP contribution is -2.38. The number of amides is 2. The number of benzene rings is 3. The maximum Gasteiger partial charge on any atom is 0.264 e. The van der Waals surface area contributed by atoms with E-state index >= 15 is 0 Å². The third-order valence-corrected chi connectivity index (χ3v) is 7.60. The van der Waals surface area contributed by atoms with E-state index in [0.717, 1.165) is 17.1 Å². The Labute approximate surface area is 204 Å². The van der Waals surface area contributed by atoms with Crippen LogP contribution in [0.25, 0.3) is 0 Å². The smallest absolute Gasteiger partial charge is 0.264 e. The normalized spacial score (nSPS) is 13.5. The minimum atomic E-state index is -4.04. The zero-order valence-corrected chi connectivity index (χ0v) is 19.9. The van der Waals surface area contributed by atoms with Crippen molar-refractivity contribution in [2.75, 3.05) is 29.3 Å². The van der Waals surface area contributed by atoms with Crippen LogP contribution in [0.5, 0.6) is 0 Å². The molecule has 1 aliphatic rings. The molecule has 9 heteroatoms. The number of hydrogen-bond donors (Lipinski definition) is 1. The van der Waals surface area contributed by atoms with Crippen molar-refractivity contribution in [3.63, 3.8) is 0 Å². The van der Waals surface area contributed by atoms with Gasteiger partial charge >= 0.3 is 0 Å². The molecular formula is C25H24ClN3O4S. The minimum absolute atomic E-state index is 0.0577.